The van der Waals surface area contributed by atoms with Crippen molar-refractivity contribution >= 4 is 12.0 Å². The lowest BCUT2D eigenvalue weighted by molar-refractivity contribution is -0.138. The monoisotopic (exact) mass is 206 g/mol. The molecule has 0 aliphatic heterocycles. The summed E-state index contributed by atoms with van der Waals surface area (Å²) in [5.74, 6) is -0.306. The standard InChI is InChI=1S/C11H14N2O2/c12-10(11(14)15)9-6-5-8(13-9)4-3-7-1-2-7/h3-7,10,13H,1-2,12H2,(H,14,15)/b4-3+. The number of nitrogens with one attached hydrogen (secondary N) is 1. The maximum absolute atomic E-state index is 10.6. The van der Waals surface area contributed by atoms with Gasteiger partial charge in [-0.1, -0.05) is 6.08 Å². The van der Waals surface area contributed by atoms with E-state index in [9.17, 15) is 4.79 Å². The molecule has 0 amide bonds. The second-order valence-corrected chi connectivity index (χ2v) is 3.88. The number of aromatic nitrogens is 1. The van der Waals surface area contributed by atoms with Gasteiger partial charge in [-0.3, -0.25) is 4.79 Å². The highest BCUT2D eigenvalue weighted by Gasteiger charge is 2.18. The van der Waals surface area contributed by atoms with E-state index < -0.39 is 12.0 Å². The Morgan fingerprint density at radius 1 is 1.60 bits per heavy atom. The van der Waals surface area contributed by atoms with Crippen molar-refractivity contribution in [1.82, 2.24) is 4.98 Å². The molecule has 4 N–H and O–H groups in total. The Kier molecular flexibility index (Phi) is 2.60. The van der Waals surface area contributed by atoms with Crippen LogP contribution in [0, 0.1) is 5.92 Å². The van der Waals surface area contributed by atoms with Crippen LogP contribution in [0.3, 0.4) is 0 Å². The molecule has 0 spiro atoms. The van der Waals surface area contributed by atoms with Crippen LogP contribution in [-0.2, 0) is 4.79 Å². The summed E-state index contributed by atoms with van der Waals surface area (Å²) >= 11 is 0. The smallest absolute Gasteiger partial charge is 0.326 e. The van der Waals surface area contributed by atoms with Crippen molar-refractivity contribution in [1.29, 1.82) is 0 Å². The van der Waals surface area contributed by atoms with Crippen molar-refractivity contribution in [3.05, 3.63) is 29.6 Å². The Bertz CT molecular complexity index is 391. The normalized spacial score (nSPS) is 18.2. The molecule has 1 aliphatic carbocycles. The number of hydrogen-bond acceptors (Lipinski definition) is 2. The lowest BCUT2D eigenvalue weighted by Gasteiger charge is -2.01. The highest BCUT2D eigenvalue weighted by atomic mass is 16.4. The maximum atomic E-state index is 10.6. The van der Waals surface area contributed by atoms with E-state index in [-0.39, 0.29) is 0 Å². The van der Waals surface area contributed by atoms with Gasteiger partial charge in [0.2, 0.25) is 0 Å². The number of rotatable bonds is 4. The van der Waals surface area contributed by atoms with Crippen molar-refractivity contribution in [2.75, 3.05) is 0 Å². The lowest BCUT2D eigenvalue weighted by Crippen LogP contribution is -2.20. The van der Waals surface area contributed by atoms with Crippen molar-refractivity contribution in [3.63, 3.8) is 0 Å². The predicted molar refractivity (Wildman–Crippen MR) is 57.1 cm³/mol. The Hall–Kier alpha value is -1.55. The molecule has 80 valence electrons. The molecular formula is C11H14N2O2. The number of hydrogen-bond donors (Lipinski definition) is 3. The number of carboxylic acids is 1. The largest absolute Gasteiger partial charge is 0.480 e. The zero-order chi connectivity index (χ0) is 10.8. The number of H-pyrrole nitrogens is 1. The van der Waals surface area contributed by atoms with Crippen LogP contribution in [0.5, 0.6) is 0 Å². The summed E-state index contributed by atoms with van der Waals surface area (Å²) in [6.07, 6.45) is 6.65. The first kappa shape index (κ1) is 9.98. The van der Waals surface area contributed by atoms with Crippen molar-refractivity contribution in [2.24, 2.45) is 11.7 Å². The molecule has 15 heavy (non-hydrogen) atoms. The topological polar surface area (TPSA) is 79.1 Å². The van der Waals surface area contributed by atoms with Crippen molar-refractivity contribution in [2.45, 2.75) is 18.9 Å². The number of carboxylic acid groups (broad SMARTS) is 1. The van der Waals surface area contributed by atoms with Gasteiger partial charge in [-0.25, -0.2) is 0 Å². The van der Waals surface area contributed by atoms with Crippen LogP contribution >= 0.6 is 0 Å². The molecule has 1 aromatic rings. The minimum atomic E-state index is -1.02. The Morgan fingerprint density at radius 2 is 2.33 bits per heavy atom. The lowest BCUT2D eigenvalue weighted by atomic mass is 10.2. The molecule has 1 fully saturated rings. The van der Waals surface area contributed by atoms with Gasteiger partial charge >= 0.3 is 5.97 Å². The number of allylic oxidation sites excluding steroid dienone is 1. The van der Waals surface area contributed by atoms with Crippen LogP contribution in [0.1, 0.15) is 30.3 Å². The van der Waals surface area contributed by atoms with E-state index in [0.717, 1.165) is 5.69 Å². The number of aromatic amines is 1. The highest BCUT2D eigenvalue weighted by molar-refractivity contribution is 5.74. The third-order valence-electron chi connectivity index (χ3n) is 2.50. The average Bonchev–Trinajstić information content (AvgIpc) is 2.92. The van der Waals surface area contributed by atoms with E-state index in [4.69, 9.17) is 10.8 Å². The first-order valence-corrected chi connectivity index (χ1v) is 5.02. The summed E-state index contributed by atoms with van der Waals surface area (Å²) in [6.45, 7) is 0. The molecule has 1 aromatic heterocycles. The third-order valence-corrected chi connectivity index (χ3v) is 2.50. The van der Waals surface area contributed by atoms with Crippen LogP contribution in [0.25, 0.3) is 6.08 Å². The van der Waals surface area contributed by atoms with Gasteiger partial charge in [0, 0.05) is 11.4 Å². The molecule has 4 nitrogen and oxygen atoms in total. The molecule has 4 heteroatoms. The van der Waals surface area contributed by atoms with Gasteiger partial charge < -0.3 is 15.8 Å². The molecular weight excluding hydrogens is 192 g/mol. The molecule has 1 saturated carbocycles. The summed E-state index contributed by atoms with van der Waals surface area (Å²) in [6, 6.07) is 2.59. The van der Waals surface area contributed by atoms with Gasteiger partial charge in [-0.05, 0) is 37.0 Å². The minimum absolute atomic E-state index is 0.540. The number of aliphatic carboxylic acids is 1. The van der Waals surface area contributed by atoms with Crippen LogP contribution in [0.4, 0.5) is 0 Å². The number of carbonyl (C=O) groups is 1. The first-order chi connectivity index (χ1) is 7.16. The second-order valence-electron chi connectivity index (χ2n) is 3.88. The summed E-state index contributed by atoms with van der Waals surface area (Å²) in [5, 5.41) is 8.71. The summed E-state index contributed by atoms with van der Waals surface area (Å²) < 4.78 is 0. The average molecular weight is 206 g/mol. The van der Waals surface area contributed by atoms with Crippen molar-refractivity contribution < 1.29 is 9.90 Å². The van der Waals surface area contributed by atoms with Gasteiger partial charge in [-0.15, -0.1) is 0 Å². The third kappa shape index (κ3) is 2.47. The maximum Gasteiger partial charge on any atom is 0.326 e. The molecule has 0 radical (unpaired) electrons. The second kappa shape index (κ2) is 3.90. The van der Waals surface area contributed by atoms with Gasteiger partial charge in [-0.2, -0.15) is 0 Å². The molecule has 0 aromatic carbocycles. The highest BCUT2D eigenvalue weighted by Crippen LogP contribution is 2.30. The summed E-state index contributed by atoms with van der Waals surface area (Å²) in [4.78, 5) is 13.6. The van der Waals surface area contributed by atoms with E-state index in [1.165, 1.54) is 12.8 Å². The van der Waals surface area contributed by atoms with E-state index >= 15 is 0 Å². The molecule has 0 bridgehead atoms. The molecule has 1 atom stereocenters. The van der Waals surface area contributed by atoms with E-state index in [1.807, 2.05) is 12.1 Å². The fraction of sp³-hybridized carbons (Fsp3) is 0.364. The Labute approximate surface area is 87.8 Å². The minimum Gasteiger partial charge on any atom is -0.480 e. The molecule has 0 saturated heterocycles. The molecule has 1 unspecified atom stereocenters. The van der Waals surface area contributed by atoms with Crippen LogP contribution in [-0.4, -0.2) is 16.1 Å². The quantitative estimate of drug-likeness (QED) is 0.698. The first-order valence-electron chi connectivity index (χ1n) is 5.02. The Balaban J connectivity index is 2.05. The fourth-order valence-electron chi connectivity index (χ4n) is 1.37. The van der Waals surface area contributed by atoms with Crippen LogP contribution in [0.2, 0.25) is 0 Å². The van der Waals surface area contributed by atoms with Gasteiger partial charge in [0.1, 0.15) is 6.04 Å². The van der Waals surface area contributed by atoms with Crippen LogP contribution < -0.4 is 5.73 Å². The molecule has 2 rings (SSSR count). The van der Waals surface area contributed by atoms with E-state index in [0.29, 0.717) is 11.6 Å². The van der Waals surface area contributed by atoms with Crippen LogP contribution in [0.15, 0.2) is 18.2 Å². The zero-order valence-corrected chi connectivity index (χ0v) is 8.31. The van der Waals surface area contributed by atoms with E-state index in [1.54, 1.807) is 6.07 Å². The summed E-state index contributed by atoms with van der Waals surface area (Å²) in [7, 11) is 0. The SMILES string of the molecule is NC(C(=O)O)c1ccc(/C=C/C2CC2)[nH]1. The van der Waals surface area contributed by atoms with Crippen molar-refractivity contribution in [3.8, 4) is 0 Å². The van der Waals surface area contributed by atoms with Gasteiger partial charge in [0.15, 0.2) is 0 Å². The fourth-order valence-corrected chi connectivity index (χ4v) is 1.37. The predicted octanol–water partition coefficient (Wildman–Crippen LogP) is 1.52. The van der Waals surface area contributed by atoms with Gasteiger partial charge in [0.25, 0.3) is 0 Å². The summed E-state index contributed by atoms with van der Waals surface area (Å²) in [5.41, 5.74) is 6.92. The van der Waals surface area contributed by atoms with Gasteiger partial charge in [0.05, 0.1) is 0 Å². The van der Waals surface area contributed by atoms with E-state index in [2.05, 4.69) is 11.1 Å². The molecule has 1 aliphatic rings. The number of nitrogens with two attached hydrogens (primary N) is 1. The Morgan fingerprint density at radius 3 is 2.93 bits per heavy atom. The zero-order valence-electron chi connectivity index (χ0n) is 8.31. The molecule has 1 heterocycles.